The molecule has 0 spiro atoms. The number of benzene rings is 8. The zero-order valence-corrected chi connectivity index (χ0v) is 28.2. The van der Waals surface area contributed by atoms with Crippen LogP contribution in [0, 0.1) is 0 Å². The monoisotopic (exact) mass is 665 g/mol. The summed E-state index contributed by atoms with van der Waals surface area (Å²) < 4.78 is 12.8. The highest BCUT2D eigenvalue weighted by molar-refractivity contribution is 6.06. The van der Waals surface area contributed by atoms with E-state index in [1.54, 1.807) is 0 Å². The van der Waals surface area contributed by atoms with Crippen LogP contribution in [0.5, 0.6) is 11.5 Å². The second-order valence-corrected chi connectivity index (χ2v) is 13.6. The van der Waals surface area contributed by atoms with E-state index >= 15 is 0 Å². The van der Waals surface area contributed by atoms with Crippen molar-refractivity contribution in [2.24, 2.45) is 0 Å². The molecule has 1 aliphatic heterocycles. The van der Waals surface area contributed by atoms with E-state index in [0.29, 0.717) is 0 Å². The van der Waals surface area contributed by atoms with Gasteiger partial charge in [-0.15, -0.1) is 0 Å². The van der Waals surface area contributed by atoms with Crippen molar-refractivity contribution in [1.82, 2.24) is 0 Å². The van der Waals surface area contributed by atoms with Crippen molar-refractivity contribution < 1.29 is 9.15 Å². The van der Waals surface area contributed by atoms with E-state index in [9.17, 15) is 0 Å². The topological polar surface area (TPSA) is 25.6 Å². The number of fused-ring (bicyclic) bond motifs is 8. The number of furan rings is 1. The average Bonchev–Trinajstić information content (AvgIpc) is 3.74. The normalized spacial score (nSPS) is 15.2. The highest BCUT2D eigenvalue weighted by Gasteiger charge is 2.51. The van der Waals surface area contributed by atoms with Crippen LogP contribution >= 0.6 is 0 Å². The summed E-state index contributed by atoms with van der Waals surface area (Å²) in [7, 11) is 0. The molecule has 1 aliphatic carbocycles. The molecule has 0 amide bonds. The third-order valence-corrected chi connectivity index (χ3v) is 10.9. The molecule has 0 radical (unpaired) electrons. The molecular weight excluding hydrogens is 635 g/mol. The molecule has 244 valence electrons. The summed E-state index contributed by atoms with van der Waals surface area (Å²) in [5.74, 6) is 1.81. The maximum absolute atomic E-state index is 6.61. The molecule has 52 heavy (non-hydrogen) atoms. The molecular formula is C49H31NO2. The van der Waals surface area contributed by atoms with E-state index in [1.807, 2.05) is 12.1 Å². The summed E-state index contributed by atoms with van der Waals surface area (Å²) in [6.07, 6.45) is 0. The molecule has 0 saturated carbocycles. The minimum atomic E-state index is -0.507. The van der Waals surface area contributed by atoms with Crippen molar-refractivity contribution in [2.75, 3.05) is 4.90 Å². The lowest BCUT2D eigenvalue weighted by atomic mass is 9.66. The lowest BCUT2D eigenvalue weighted by Gasteiger charge is -2.39. The molecule has 11 rings (SSSR count). The molecule has 0 fully saturated rings. The molecule has 0 bridgehead atoms. The zero-order valence-electron chi connectivity index (χ0n) is 28.2. The first-order valence-electron chi connectivity index (χ1n) is 17.8. The maximum Gasteiger partial charge on any atom is 0.135 e. The van der Waals surface area contributed by atoms with Gasteiger partial charge in [-0.05, 0) is 94.0 Å². The van der Waals surface area contributed by atoms with Gasteiger partial charge in [0.2, 0.25) is 0 Å². The molecule has 9 aromatic rings. The minimum absolute atomic E-state index is 0.507. The van der Waals surface area contributed by atoms with Gasteiger partial charge in [-0.25, -0.2) is 0 Å². The van der Waals surface area contributed by atoms with Gasteiger partial charge in [-0.3, -0.25) is 0 Å². The third kappa shape index (κ3) is 4.08. The summed E-state index contributed by atoms with van der Waals surface area (Å²) in [6, 6.07) is 67.2. The van der Waals surface area contributed by atoms with E-state index in [0.717, 1.165) is 50.5 Å². The Morgan fingerprint density at radius 2 is 1.02 bits per heavy atom. The van der Waals surface area contributed by atoms with Crippen molar-refractivity contribution in [1.29, 1.82) is 0 Å². The molecule has 1 atom stereocenters. The van der Waals surface area contributed by atoms with Gasteiger partial charge in [-0.2, -0.15) is 0 Å². The lowest BCUT2D eigenvalue weighted by Crippen LogP contribution is -2.32. The van der Waals surface area contributed by atoms with Crippen LogP contribution in [-0.2, 0) is 5.41 Å². The van der Waals surface area contributed by atoms with Crippen LogP contribution < -0.4 is 9.64 Å². The van der Waals surface area contributed by atoms with Crippen molar-refractivity contribution in [3.8, 4) is 33.8 Å². The van der Waals surface area contributed by atoms with E-state index in [1.165, 1.54) is 44.5 Å². The predicted molar refractivity (Wildman–Crippen MR) is 211 cm³/mol. The average molecular weight is 666 g/mol. The maximum atomic E-state index is 6.61. The number of anilines is 3. The van der Waals surface area contributed by atoms with Crippen molar-refractivity contribution in [2.45, 2.75) is 5.41 Å². The summed E-state index contributed by atoms with van der Waals surface area (Å²) in [4.78, 5) is 2.34. The summed E-state index contributed by atoms with van der Waals surface area (Å²) >= 11 is 0. The molecule has 2 aliphatic rings. The van der Waals surface area contributed by atoms with Gasteiger partial charge in [0.05, 0.1) is 5.41 Å². The summed E-state index contributed by atoms with van der Waals surface area (Å²) in [5.41, 5.74) is 14.2. The standard InChI is InChI=1S/C49H31NO2/c1-2-11-32(12-3-1)33-21-25-35(26-22-33)50(37-29-30-45-41(31-37)39-14-5-8-18-44(39)51-45)36-27-23-34(24-28-36)49-42-16-6-4-13-38(42)40-15-10-20-47(48(40)49)52-46-19-9-7-17-43(46)49/h1-31H. The van der Waals surface area contributed by atoms with Gasteiger partial charge < -0.3 is 14.1 Å². The van der Waals surface area contributed by atoms with Crippen molar-refractivity contribution in [3.05, 3.63) is 210 Å². The molecule has 0 N–H and O–H groups in total. The number of para-hydroxylation sites is 2. The Bertz CT molecular complexity index is 2820. The van der Waals surface area contributed by atoms with E-state index in [-0.39, 0.29) is 0 Å². The van der Waals surface area contributed by atoms with Gasteiger partial charge in [0.1, 0.15) is 22.7 Å². The number of rotatable bonds is 5. The number of hydrogen-bond acceptors (Lipinski definition) is 3. The number of hydrogen-bond donors (Lipinski definition) is 0. The molecule has 0 saturated heterocycles. The van der Waals surface area contributed by atoms with Crippen LogP contribution in [0.4, 0.5) is 17.1 Å². The number of nitrogens with zero attached hydrogens (tertiary/aromatic N) is 1. The first-order valence-corrected chi connectivity index (χ1v) is 17.8. The van der Waals surface area contributed by atoms with Gasteiger partial charge in [0, 0.05) is 39.0 Å². The smallest absolute Gasteiger partial charge is 0.135 e. The summed E-state index contributed by atoms with van der Waals surface area (Å²) in [6.45, 7) is 0. The van der Waals surface area contributed by atoms with Crippen LogP contribution in [-0.4, -0.2) is 0 Å². The van der Waals surface area contributed by atoms with Crippen LogP contribution in [0.1, 0.15) is 22.3 Å². The Hall–Kier alpha value is -6.84. The second kappa shape index (κ2) is 11.1. The van der Waals surface area contributed by atoms with Gasteiger partial charge in [0.25, 0.3) is 0 Å². The molecule has 2 heterocycles. The Balaban J connectivity index is 1.10. The van der Waals surface area contributed by atoms with Crippen molar-refractivity contribution in [3.63, 3.8) is 0 Å². The van der Waals surface area contributed by atoms with E-state index < -0.39 is 5.41 Å². The molecule has 1 unspecified atom stereocenters. The fraction of sp³-hybridized carbons (Fsp3) is 0.0204. The SMILES string of the molecule is c1ccc(-c2ccc(N(c3ccc(C45c6ccccc6Oc6cccc(c64)-c4ccccc45)cc3)c3ccc4oc5ccccc5c4c3)cc2)cc1. The first-order chi connectivity index (χ1) is 25.8. The molecule has 3 nitrogen and oxygen atoms in total. The first kappa shape index (κ1) is 28.9. The van der Waals surface area contributed by atoms with E-state index in [4.69, 9.17) is 9.15 Å². The molecule has 8 aromatic carbocycles. The zero-order chi connectivity index (χ0) is 34.2. The Morgan fingerprint density at radius 3 is 1.87 bits per heavy atom. The number of ether oxygens (including phenoxy) is 1. The van der Waals surface area contributed by atoms with Gasteiger partial charge >= 0.3 is 0 Å². The van der Waals surface area contributed by atoms with Crippen LogP contribution in [0.25, 0.3) is 44.2 Å². The largest absolute Gasteiger partial charge is 0.457 e. The van der Waals surface area contributed by atoms with Gasteiger partial charge in [0.15, 0.2) is 0 Å². The highest BCUT2D eigenvalue weighted by Crippen LogP contribution is 2.63. The quantitative estimate of drug-likeness (QED) is 0.183. The van der Waals surface area contributed by atoms with Gasteiger partial charge in [-0.1, -0.05) is 127 Å². The Morgan fingerprint density at radius 1 is 0.404 bits per heavy atom. The third-order valence-electron chi connectivity index (χ3n) is 10.9. The summed E-state index contributed by atoms with van der Waals surface area (Å²) in [5, 5.41) is 2.21. The second-order valence-electron chi connectivity index (χ2n) is 13.6. The lowest BCUT2D eigenvalue weighted by molar-refractivity contribution is 0.438. The van der Waals surface area contributed by atoms with Crippen molar-refractivity contribution >= 4 is 39.0 Å². The predicted octanol–water partition coefficient (Wildman–Crippen LogP) is 13.2. The Labute approximate surface area is 301 Å². The fourth-order valence-electron chi connectivity index (χ4n) is 8.72. The molecule has 1 aromatic heterocycles. The van der Waals surface area contributed by atoms with E-state index in [2.05, 4.69) is 181 Å². The van der Waals surface area contributed by atoms with Crippen LogP contribution in [0.2, 0.25) is 0 Å². The van der Waals surface area contributed by atoms with Crippen LogP contribution in [0.15, 0.2) is 192 Å². The molecule has 3 heteroatoms. The minimum Gasteiger partial charge on any atom is -0.457 e. The Kier molecular flexibility index (Phi) is 6.17. The van der Waals surface area contributed by atoms with Crippen LogP contribution in [0.3, 0.4) is 0 Å². The highest BCUT2D eigenvalue weighted by atomic mass is 16.5. The fourth-order valence-corrected chi connectivity index (χ4v) is 8.72.